The number of halogens is 3. The number of likely N-dealkylation sites (tertiary alicyclic amines) is 1. The number of carbonyl (C=O) groups excluding carboxylic acids is 3. The van der Waals surface area contributed by atoms with E-state index in [2.05, 4.69) is 15.9 Å². The summed E-state index contributed by atoms with van der Waals surface area (Å²) < 4.78 is 6.45. The summed E-state index contributed by atoms with van der Waals surface area (Å²) in [6.45, 7) is 1.34. The van der Waals surface area contributed by atoms with Crippen molar-refractivity contribution in [2.24, 2.45) is 0 Å². The van der Waals surface area contributed by atoms with Gasteiger partial charge in [0.25, 0.3) is 11.1 Å². The molecule has 2 saturated heterocycles. The van der Waals surface area contributed by atoms with Gasteiger partial charge in [-0.25, -0.2) is 0 Å². The van der Waals surface area contributed by atoms with Gasteiger partial charge in [-0.05, 0) is 76.8 Å². The normalized spacial score (nSPS) is 17.6. The van der Waals surface area contributed by atoms with Gasteiger partial charge in [0, 0.05) is 23.7 Å². The lowest BCUT2D eigenvalue weighted by Crippen LogP contribution is -2.44. The lowest BCUT2D eigenvalue weighted by Gasteiger charge is -2.27. The van der Waals surface area contributed by atoms with Gasteiger partial charge < -0.3 is 9.64 Å². The summed E-state index contributed by atoms with van der Waals surface area (Å²) in [6, 6.07) is 10.8. The number of ether oxygens (including phenoxy) is 1. The first kappa shape index (κ1) is 25.1. The average molecular weight is 584 g/mol. The minimum atomic E-state index is -0.480. The van der Waals surface area contributed by atoms with E-state index in [1.165, 1.54) is 0 Å². The molecular weight excluding hydrogens is 563 g/mol. The molecule has 2 aromatic rings. The third kappa shape index (κ3) is 5.79. The highest BCUT2D eigenvalue weighted by Crippen LogP contribution is 2.38. The number of rotatable bonds is 6. The van der Waals surface area contributed by atoms with Crippen molar-refractivity contribution in [3.05, 3.63) is 66.9 Å². The maximum atomic E-state index is 12.8. The summed E-state index contributed by atoms with van der Waals surface area (Å²) in [7, 11) is 0. The zero-order valence-electron chi connectivity index (χ0n) is 18.1. The van der Waals surface area contributed by atoms with Gasteiger partial charge in [0.2, 0.25) is 5.91 Å². The molecule has 2 fully saturated rings. The van der Waals surface area contributed by atoms with E-state index in [9.17, 15) is 14.4 Å². The van der Waals surface area contributed by atoms with Crippen molar-refractivity contribution in [1.82, 2.24) is 9.80 Å². The molecule has 0 aliphatic carbocycles. The first-order chi connectivity index (χ1) is 16.3. The van der Waals surface area contributed by atoms with Crippen molar-refractivity contribution in [3.63, 3.8) is 0 Å². The topological polar surface area (TPSA) is 66.9 Å². The Hall–Kier alpha value is -2.00. The standard InChI is InChI=1S/C24H21BrCl2N2O4S/c25-17-10-15(11-19(27)22(17)33-14-16-6-2-3-7-18(16)26)12-20-23(31)29(24(32)34-20)13-21(30)28-8-4-1-5-9-28/h2-3,6-7,10-12H,1,4-5,8-9,13-14H2/b20-12-. The maximum absolute atomic E-state index is 12.8. The van der Waals surface area contributed by atoms with E-state index < -0.39 is 11.1 Å². The van der Waals surface area contributed by atoms with E-state index in [1.54, 1.807) is 29.2 Å². The van der Waals surface area contributed by atoms with Crippen molar-refractivity contribution in [3.8, 4) is 5.75 Å². The zero-order valence-corrected chi connectivity index (χ0v) is 22.0. The van der Waals surface area contributed by atoms with Crippen LogP contribution in [-0.4, -0.2) is 46.5 Å². The van der Waals surface area contributed by atoms with Crippen molar-refractivity contribution < 1.29 is 19.1 Å². The molecule has 0 bridgehead atoms. The fourth-order valence-electron chi connectivity index (χ4n) is 3.73. The van der Waals surface area contributed by atoms with E-state index in [0.29, 0.717) is 38.9 Å². The predicted molar refractivity (Wildman–Crippen MR) is 138 cm³/mol. The second kappa shape index (κ2) is 11.2. The van der Waals surface area contributed by atoms with Crippen molar-refractivity contribution in [2.75, 3.05) is 19.6 Å². The van der Waals surface area contributed by atoms with E-state index in [-0.39, 0.29) is 24.0 Å². The number of hydrogen-bond donors (Lipinski definition) is 0. The molecule has 4 rings (SSSR count). The summed E-state index contributed by atoms with van der Waals surface area (Å²) in [5.41, 5.74) is 1.44. The molecule has 0 spiro atoms. The molecule has 178 valence electrons. The summed E-state index contributed by atoms with van der Waals surface area (Å²) in [5, 5.41) is 0.486. The van der Waals surface area contributed by atoms with Gasteiger partial charge in [0.1, 0.15) is 13.2 Å². The molecule has 2 heterocycles. The van der Waals surface area contributed by atoms with Crippen LogP contribution in [-0.2, 0) is 16.2 Å². The number of piperidine rings is 1. The fourth-order valence-corrected chi connectivity index (χ4v) is 5.75. The van der Waals surface area contributed by atoms with Gasteiger partial charge in [0.15, 0.2) is 5.75 Å². The molecule has 6 nitrogen and oxygen atoms in total. The largest absolute Gasteiger partial charge is 0.486 e. The monoisotopic (exact) mass is 582 g/mol. The molecule has 2 aliphatic rings. The molecule has 2 aliphatic heterocycles. The SMILES string of the molecule is O=C(CN1C(=O)S/C(=C\c2cc(Cl)c(OCc3ccccc3Cl)c(Br)c2)C1=O)N1CCCCC1. The van der Waals surface area contributed by atoms with Crippen molar-refractivity contribution in [2.45, 2.75) is 25.9 Å². The highest BCUT2D eigenvalue weighted by molar-refractivity contribution is 9.10. The van der Waals surface area contributed by atoms with Gasteiger partial charge in [-0.2, -0.15) is 0 Å². The molecule has 0 unspecified atom stereocenters. The smallest absolute Gasteiger partial charge is 0.294 e. The highest BCUT2D eigenvalue weighted by Gasteiger charge is 2.37. The van der Waals surface area contributed by atoms with Crippen LogP contribution in [0.2, 0.25) is 10.0 Å². The van der Waals surface area contributed by atoms with E-state index in [1.807, 2.05) is 18.2 Å². The highest BCUT2D eigenvalue weighted by atomic mass is 79.9. The Morgan fingerprint density at radius 2 is 1.82 bits per heavy atom. The number of hydrogen-bond acceptors (Lipinski definition) is 5. The van der Waals surface area contributed by atoms with Gasteiger partial charge in [-0.15, -0.1) is 0 Å². The minimum Gasteiger partial charge on any atom is -0.486 e. The number of nitrogens with zero attached hydrogens (tertiary/aromatic N) is 2. The Kier molecular flexibility index (Phi) is 8.24. The number of amides is 3. The summed E-state index contributed by atoms with van der Waals surface area (Å²) >= 11 is 16.9. The molecule has 0 N–H and O–H groups in total. The lowest BCUT2D eigenvalue weighted by molar-refractivity contribution is -0.136. The van der Waals surface area contributed by atoms with Crippen LogP contribution in [0.5, 0.6) is 5.75 Å². The molecule has 0 saturated carbocycles. The van der Waals surface area contributed by atoms with Gasteiger partial charge in [0.05, 0.1) is 14.4 Å². The molecule has 0 atom stereocenters. The molecule has 0 aromatic heterocycles. The molecule has 10 heteroatoms. The second-order valence-electron chi connectivity index (χ2n) is 7.90. The van der Waals surface area contributed by atoms with Gasteiger partial charge in [-0.1, -0.05) is 41.4 Å². The first-order valence-corrected chi connectivity index (χ1v) is 13.1. The summed E-state index contributed by atoms with van der Waals surface area (Å²) in [6.07, 6.45) is 4.57. The summed E-state index contributed by atoms with van der Waals surface area (Å²) in [5.74, 6) is -0.236. The Bertz CT molecular complexity index is 1140. The van der Waals surface area contributed by atoms with Crippen LogP contribution in [0.25, 0.3) is 6.08 Å². The Labute approximate surface area is 220 Å². The third-order valence-electron chi connectivity index (χ3n) is 5.52. The van der Waals surface area contributed by atoms with Crippen LogP contribution in [0.15, 0.2) is 45.8 Å². The minimum absolute atomic E-state index is 0.200. The van der Waals surface area contributed by atoms with E-state index in [4.69, 9.17) is 27.9 Å². The predicted octanol–water partition coefficient (Wildman–Crippen LogP) is 6.38. The quantitative estimate of drug-likeness (QED) is 0.369. The van der Waals surface area contributed by atoms with Crippen LogP contribution in [0.1, 0.15) is 30.4 Å². The molecule has 0 radical (unpaired) electrons. The third-order valence-corrected chi connectivity index (χ3v) is 7.67. The van der Waals surface area contributed by atoms with Crippen LogP contribution in [0, 0.1) is 0 Å². The lowest BCUT2D eigenvalue weighted by atomic mass is 10.1. The molecule has 3 amide bonds. The first-order valence-electron chi connectivity index (χ1n) is 10.7. The van der Waals surface area contributed by atoms with Crippen LogP contribution in [0.3, 0.4) is 0 Å². The zero-order chi connectivity index (χ0) is 24.2. The van der Waals surface area contributed by atoms with Gasteiger partial charge >= 0.3 is 0 Å². The average Bonchev–Trinajstić information content (AvgIpc) is 3.07. The van der Waals surface area contributed by atoms with Crippen LogP contribution in [0.4, 0.5) is 4.79 Å². The van der Waals surface area contributed by atoms with E-state index >= 15 is 0 Å². The van der Waals surface area contributed by atoms with E-state index in [0.717, 1.165) is 41.5 Å². The Morgan fingerprint density at radius 3 is 2.53 bits per heavy atom. The number of thioether (sulfide) groups is 1. The Morgan fingerprint density at radius 1 is 1.09 bits per heavy atom. The second-order valence-corrected chi connectivity index (χ2v) is 10.6. The number of imide groups is 1. The Balaban J connectivity index is 1.46. The summed E-state index contributed by atoms with van der Waals surface area (Å²) in [4.78, 5) is 40.7. The molecule has 2 aromatic carbocycles. The van der Waals surface area contributed by atoms with Crippen LogP contribution < -0.4 is 4.74 Å². The van der Waals surface area contributed by atoms with Crippen LogP contribution >= 0.6 is 50.9 Å². The molecular formula is C24H21BrCl2N2O4S. The number of benzene rings is 2. The number of carbonyl (C=O) groups is 3. The van der Waals surface area contributed by atoms with Crippen molar-refractivity contribution >= 4 is 74.0 Å². The fraction of sp³-hybridized carbons (Fsp3) is 0.292. The molecule has 34 heavy (non-hydrogen) atoms. The maximum Gasteiger partial charge on any atom is 0.294 e. The van der Waals surface area contributed by atoms with Crippen molar-refractivity contribution in [1.29, 1.82) is 0 Å². The van der Waals surface area contributed by atoms with Gasteiger partial charge in [-0.3, -0.25) is 19.3 Å².